The van der Waals surface area contributed by atoms with Crippen molar-refractivity contribution in [2.45, 2.75) is 84.3 Å². The SMILES string of the molecule is CCC(C)C(C)CC[C@H](O)/C=C/[C@H]1[C@H](O)CC(=O)[C@@H]1C/C=C\CCCC(=O)O. The Labute approximate surface area is 169 Å². The number of unbranched alkanes of at least 4 members (excludes halogenated alkanes) is 1. The highest BCUT2D eigenvalue weighted by molar-refractivity contribution is 5.84. The molecule has 1 fully saturated rings. The minimum absolute atomic E-state index is 0.0530. The molecule has 0 aliphatic heterocycles. The number of aliphatic carboxylic acids is 1. The predicted molar refractivity (Wildman–Crippen MR) is 111 cm³/mol. The number of carbonyl (C=O) groups is 2. The number of hydrogen-bond donors (Lipinski definition) is 3. The van der Waals surface area contributed by atoms with Crippen LogP contribution in [0.4, 0.5) is 0 Å². The molecule has 1 rings (SSSR count). The first-order valence-electron chi connectivity index (χ1n) is 10.7. The van der Waals surface area contributed by atoms with Gasteiger partial charge in [-0.15, -0.1) is 0 Å². The number of carboxylic acid groups (broad SMARTS) is 1. The minimum atomic E-state index is -0.801. The fraction of sp³-hybridized carbons (Fsp3) is 0.739. The molecular weight excluding hydrogens is 356 g/mol. The van der Waals surface area contributed by atoms with E-state index in [2.05, 4.69) is 20.8 Å². The van der Waals surface area contributed by atoms with Crippen LogP contribution in [0.2, 0.25) is 0 Å². The summed E-state index contributed by atoms with van der Waals surface area (Å²) in [5.41, 5.74) is 0. The summed E-state index contributed by atoms with van der Waals surface area (Å²) in [6, 6.07) is 0. The Hall–Kier alpha value is -1.46. The van der Waals surface area contributed by atoms with Crippen LogP contribution >= 0.6 is 0 Å². The van der Waals surface area contributed by atoms with E-state index in [1.54, 1.807) is 6.08 Å². The van der Waals surface area contributed by atoms with Crippen molar-refractivity contribution in [2.24, 2.45) is 23.7 Å². The number of aliphatic hydroxyl groups excluding tert-OH is 2. The minimum Gasteiger partial charge on any atom is -0.481 e. The second-order valence-corrected chi connectivity index (χ2v) is 8.31. The highest BCUT2D eigenvalue weighted by Crippen LogP contribution is 2.33. The van der Waals surface area contributed by atoms with Crippen LogP contribution in [0.25, 0.3) is 0 Å². The molecule has 0 bridgehead atoms. The van der Waals surface area contributed by atoms with Crippen LogP contribution in [0, 0.1) is 23.7 Å². The zero-order valence-corrected chi connectivity index (χ0v) is 17.6. The van der Waals surface area contributed by atoms with Gasteiger partial charge in [0.15, 0.2) is 0 Å². The van der Waals surface area contributed by atoms with Gasteiger partial charge in [0.1, 0.15) is 5.78 Å². The molecule has 28 heavy (non-hydrogen) atoms. The van der Waals surface area contributed by atoms with Crippen LogP contribution in [-0.4, -0.2) is 39.3 Å². The maximum atomic E-state index is 12.2. The fourth-order valence-electron chi connectivity index (χ4n) is 3.73. The third-order valence-electron chi connectivity index (χ3n) is 6.14. The zero-order chi connectivity index (χ0) is 21.1. The first-order chi connectivity index (χ1) is 13.3. The highest BCUT2D eigenvalue weighted by atomic mass is 16.4. The molecule has 1 aliphatic rings. The summed E-state index contributed by atoms with van der Waals surface area (Å²) < 4.78 is 0. The first kappa shape index (κ1) is 24.6. The van der Waals surface area contributed by atoms with E-state index in [0.29, 0.717) is 37.5 Å². The van der Waals surface area contributed by atoms with E-state index in [9.17, 15) is 19.8 Å². The Bertz CT molecular complexity index is 539. The molecule has 0 radical (unpaired) electrons. The summed E-state index contributed by atoms with van der Waals surface area (Å²) in [6.07, 6.45) is 11.0. The van der Waals surface area contributed by atoms with Crippen molar-refractivity contribution in [1.29, 1.82) is 0 Å². The van der Waals surface area contributed by atoms with Crippen molar-refractivity contribution in [2.75, 3.05) is 0 Å². The van der Waals surface area contributed by atoms with Crippen LogP contribution in [0.5, 0.6) is 0 Å². The average Bonchev–Trinajstić information content (AvgIpc) is 2.92. The molecular formula is C23H38O5. The van der Waals surface area contributed by atoms with Crippen LogP contribution in [0.15, 0.2) is 24.3 Å². The lowest BCUT2D eigenvalue weighted by atomic mass is 9.88. The molecule has 5 heteroatoms. The van der Waals surface area contributed by atoms with E-state index in [-0.39, 0.29) is 30.5 Å². The zero-order valence-electron chi connectivity index (χ0n) is 17.6. The Morgan fingerprint density at radius 2 is 1.93 bits per heavy atom. The molecule has 3 N–H and O–H groups in total. The standard InChI is InChI=1S/C23H38O5/c1-4-16(2)17(3)11-12-18(24)13-14-20-19(21(25)15-22(20)26)9-7-5-6-8-10-23(27)28/h5,7,13-14,16-20,22,24,26H,4,6,8-12,15H2,1-3H3,(H,27,28)/b7-5-,14-13+/t16?,17?,18-,19+,20+,22+/m0/s1. The van der Waals surface area contributed by atoms with Crippen molar-refractivity contribution < 1.29 is 24.9 Å². The van der Waals surface area contributed by atoms with Gasteiger partial charge in [-0.1, -0.05) is 51.5 Å². The van der Waals surface area contributed by atoms with Crippen LogP contribution in [0.1, 0.15) is 72.1 Å². The van der Waals surface area contributed by atoms with Gasteiger partial charge in [-0.05, 0) is 43.9 Å². The molecule has 5 nitrogen and oxygen atoms in total. The molecule has 1 saturated carbocycles. The van der Waals surface area contributed by atoms with Gasteiger partial charge in [-0.2, -0.15) is 0 Å². The largest absolute Gasteiger partial charge is 0.481 e. The van der Waals surface area contributed by atoms with E-state index < -0.39 is 18.2 Å². The van der Waals surface area contributed by atoms with Gasteiger partial charge < -0.3 is 15.3 Å². The quantitative estimate of drug-likeness (QED) is 0.322. The summed E-state index contributed by atoms with van der Waals surface area (Å²) in [6.45, 7) is 6.62. The van der Waals surface area contributed by atoms with Crippen LogP contribution < -0.4 is 0 Å². The maximum Gasteiger partial charge on any atom is 0.303 e. The lowest BCUT2D eigenvalue weighted by Crippen LogP contribution is -2.19. The molecule has 0 aromatic heterocycles. The summed E-state index contributed by atoms with van der Waals surface area (Å²) in [5, 5.41) is 29.1. The van der Waals surface area contributed by atoms with Crippen LogP contribution in [-0.2, 0) is 9.59 Å². The number of aliphatic hydroxyl groups is 2. The van der Waals surface area contributed by atoms with Gasteiger partial charge in [0, 0.05) is 24.7 Å². The first-order valence-corrected chi connectivity index (χ1v) is 10.7. The summed E-state index contributed by atoms with van der Waals surface area (Å²) >= 11 is 0. The number of hydrogen-bond acceptors (Lipinski definition) is 4. The second-order valence-electron chi connectivity index (χ2n) is 8.31. The molecule has 0 aromatic carbocycles. The molecule has 160 valence electrons. The van der Waals surface area contributed by atoms with Crippen molar-refractivity contribution in [3.8, 4) is 0 Å². The lowest BCUT2D eigenvalue weighted by Gasteiger charge is -2.19. The number of Topliss-reactive ketones (excluding diaryl/α,β-unsaturated/α-hetero) is 1. The smallest absolute Gasteiger partial charge is 0.303 e. The van der Waals surface area contributed by atoms with Crippen LogP contribution in [0.3, 0.4) is 0 Å². The summed E-state index contributed by atoms with van der Waals surface area (Å²) in [5.74, 6) is -0.0872. The van der Waals surface area contributed by atoms with E-state index >= 15 is 0 Å². The molecule has 1 aliphatic carbocycles. The van der Waals surface area contributed by atoms with Gasteiger partial charge in [-0.3, -0.25) is 9.59 Å². The van der Waals surface area contributed by atoms with Crippen molar-refractivity contribution in [3.63, 3.8) is 0 Å². The number of ketones is 1. The van der Waals surface area contributed by atoms with Crippen molar-refractivity contribution in [3.05, 3.63) is 24.3 Å². The third kappa shape index (κ3) is 8.70. The van der Waals surface area contributed by atoms with E-state index in [1.165, 1.54) is 0 Å². The number of allylic oxidation sites excluding steroid dienone is 2. The third-order valence-corrected chi connectivity index (χ3v) is 6.14. The Morgan fingerprint density at radius 3 is 2.57 bits per heavy atom. The average molecular weight is 395 g/mol. The van der Waals surface area contributed by atoms with Gasteiger partial charge in [0.25, 0.3) is 0 Å². The van der Waals surface area contributed by atoms with E-state index in [1.807, 2.05) is 18.2 Å². The number of carbonyl (C=O) groups excluding carboxylic acids is 1. The molecule has 0 heterocycles. The van der Waals surface area contributed by atoms with E-state index in [0.717, 1.165) is 12.8 Å². The number of rotatable bonds is 13. The number of carboxylic acids is 1. The van der Waals surface area contributed by atoms with Gasteiger partial charge in [-0.25, -0.2) is 0 Å². The summed E-state index contributed by atoms with van der Waals surface area (Å²) in [4.78, 5) is 22.7. The summed E-state index contributed by atoms with van der Waals surface area (Å²) in [7, 11) is 0. The monoisotopic (exact) mass is 394 g/mol. The fourth-order valence-corrected chi connectivity index (χ4v) is 3.73. The van der Waals surface area contributed by atoms with Crippen molar-refractivity contribution in [1.82, 2.24) is 0 Å². The van der Waals surface area contributed by atoms with Gasteiger partial charge >= 0.3 is 5.97 Å². The Morgan fingerprint density at radius 1 is 1.21 bits per heavy atom. The normalized spacial score (nSPS) is 26.2. The highest BCUT2D eigenvalue weighted by Gasteiger charge is 2.39. The second kappa shape index (κ2) is 12.9. The Balaban J connectivity index is 2.51. The lowest BCUT2D eigenvalue weighted by molar-refractivity contribution is -0.137. The Kier molecular flexibility index (Phi) is 11.3. The topological polar surface area (TPSA) is 94.8 Å². The molecule has 0 amide bonds. The van der Waals surface area contributed by atoms with Gasteiger partial charge in [0.2, 0.25) is 0 Å². The molecule has 0 spiro atoms. The molecule has 0 saturated heterocycles. The van der Waals surface area contributed by atoms with Crippen molar-refractivity contribution >= 4 is 11.8 Å². The van der Waals surface area contributed by atoms with Gasteiger partial charge in [0.05, 0.1) is 12.2 Å². The maximum absolute atomic E-state index is 12.2. The molecule has 0 aromatic rings. The molecule has 2 unspecified atom stereocenters. The molecule has 6 atom stereocenters. The van der Waals surface area contributed by atoms with E-state index in [4.69, 9.17) is 5.11 Å². The predicted octanol–water partition coefficient (Wildman–Crippen LogP) is 4.13.